The minimum Gasteiger partial charge on any atom is -0.497 e. The van der Waals surface area contributed by atoms with Crippen LogP contribution in [0.25, 0.3) is 0 Å². The first kappa shape index (κ1) is 19.0. The second-order valence-corrected chi connectivity index (χ2v) is 6.97. The van der Waals surface area contributed by atoms with Gasteiger partial charge in [0.25, 0.3) is 0 Å². The summed E-state index contributed by atoms with van der Waals surface area (Å²) in [5.74, 6) is 2.41. The number of benzene rings is 1. The van der Waals surface area contributed by atoms with Gasteiger partial charge in [-0.25, -0.2) is 0 Å². The lowest BCUT2D eigenvalue weighted by atomic mass is 10.0. The van der Waals surface area contributed by atoms with Crippen LogP contribution in [0.4, 0.5) is 0 Å². The molecule has 1 heterocycles. The largest absolute Gasteiger partial charge is 0.497 e. The number of ether oxygens (including phenoxy) is 2. The van der Waals surface area contributed by atoms with E-state index in [1.807, 2.05) is 12.1 Å². The van der Waals surface area contributed by atoms with Crippen LogP contribution in [-0.4, -0.2) is 68.0 Å². The van der Waals surface area contributed by atoms with Crippen molar-refractivity contribution in [3.05, 3.63) is 23.8 Å². The van der Waals surface area contributed by atoms with Crippen molar-refractivity contribution in [2.45, 2.75) is 32.9 Å². The van der Waals surface area contributed by atoms with E-state index in [-0.39, 0.29) is 6.61 Å². The molecule has 1 fully saturated rings. The van der Waals surface area contributed by atoms with E-state index in [4.69, 9.17) is 9.47 Å². The van der Waals surface area contributed by atoms with Crippen molar-refractivity contribution in [1.29, 1.82) is 0 Å². The van der Waals surface area contributed by atoms with Gasteiger partial charge in [-0.3, -0.25) is 9.80 Å². The summed E-state index contributed by atoms with van der Waals surface area (Å²) < 4.78 is 10.9. The molecule has 0 spiro atoms. The first-order valence-electron chi connectivity index (χ1n) is 8.85. The summed E-state index contributed by atoms with van der Waals surface area (Å²) >= 11 is 0. The quantitative estimate of drug-likeness (QED) is 0.789. The van der Waals surface area contributed by atoms with Gasteiger partial charge in [0.2, 0.25) is 0 Å². The van der Waals surface area contributed by atoms with E-state index in [1.165, 1.54) is 0 Å². The second kappa shape index (κ2) is 9.25. The number of hydrogen-bond donors (Lipinski definition) is 1. The molecule has 1 aliphatic rings. The van der Waals surface area contributed by atoms with E-state index < -0.39 is 0 Å². The van der Waals surface area contributed by atoms with E-state index in [0.29, 0.717) is 12.0 Å². The lowest BCUT2D eigenvalue weighted by Gasteiger charge is -2.42. The number of aliphatic hydroxyl groups is 1. The van der Waals surface area contributed by atoms with Crippen LogP contribution in [0, 0.1) is 5.92 Å². The molecule has 5 heteroatoms. The van der Waals surface area contributed by atoms with E-state index in [9.17, 15) is 5.11 Å². The zero-order chi connectivity index (χ0) is 17.5. The molecule has 0 aromatic heterocycles. The molecule has 136 valence electrons. The van der Waals surface area contributed by atoms with Crippen LogP contribution in [0.3, 0.4) is 0 Å². The Kier molecular flexibility index (Phi) is 7.34. The maximum atomic E-state index is 9.42. The molecule has 1 aromatic carbocycles. The highest BCUT2D eigenvalue weighted by Gasteiger charge is 2.27. The third kappa shape index (κ3) is 5.10. The SMILES string of the molecule is COc1ccc(OC)c(CN2CCN(CC(C)C)[C@H](CCO)C2)c1. The molecule has 0 aliphatic carbocycles. The Labute approximate surface area is 146 Å². The molecule has 1 atom stereocenters. The fourth-order valence-electron chi connectivity index (χ4n) is 3.48. The van der Waals surface area contributed by atoms with Crippen LogP contribution in [-0.2, 0) is 6.54 Å². The number of hydrogen-bond acceptors (Lipinski definition) is 5. The average molecular weight is 336 g/mol. The highest BCUT2D eigenvalue weighted by molar-refractivity contribution is 5.40. The fourth-order valence-corrected chi connectivity index (χ4v) is 3.48. The molecule has 0 radical (unpaired) electrons. The zero-order valence-corrected chi connectivity index (χ0v) is 15.5. The summed E-state index contributed by atoms with van der Waals surface area (Å²) in [6, 6.07) is 6.37. The average Bonchev–Trinajstić information content (AvgIpc) is 2.57. The molecule has 1 aliphatic heterocycles. The highest BCUT2D eigenvalue weighted by atomic mass is 16.5. The fraction of sp³-hybridized carbons (Fsp3) is 0.684. The molecular formula is C19H32N2O3. The predicted octanol–water partition coefficient (Wildman–Crippen LogP) is 2.23. The minimum absolute atomic E-state index is 0.246. The Balaban J connectivity index is 2.05. The highest BCUT2D eigenvalue weighted by Crippen LogP contribution is 2.26. The van der Waals surface area contributed by atoms with Crippen molar-refractivity contribution in [1.82, 2.24) is 9.80 Å². The molecular weight excluding hydrogens is 304 g/mol. The number of methoxy groups -OCH3 is 2. The molecule has 5 nitrogen and oxygen atoms in total. The summed E-state index contributed by atoms with van der Waals surface area (Å²) in [5.41, 5.74) is 1.15. The normalized spacial score (nSPS) is 19.7. The van der Waals surface area contributed by atoms with Crippen LogP contribution in [0.2, 0.25) is 0 Å². The molecule has 1 aromatic rings. The van der Waals surface area contributed by atoms with Gasteiger partial charge in [-0.2, -0.15) is 0 Å². The Morgan fingerprint density at radius 3 is 2.62 bits per heavy atom. The predicted molar refractivity (Wildman–Crippen MR) is 96.7 cm³/mol. The lowest BCUT2D eigenvalue weighted by molar-refractivity contribution is 0.0473. The van der Waals surface area contributed by atoms with Gasteiger partial charge < -0.3 is 14.6 Å². The van der Waals surface area contributed by atoms with Gasteiger partial charge in [0.15, 0.2) is 0 Å². The van der Waals surface area contributed by atoms with E-state index in [1.54, 1.807) is 14.2 Å². The van der Waals surface area contributed by atoms with Crippen LogP contribution < -0.4 is 9.47 Å². The van der Waals surface area contributed by atoms with Crippen molar-refractivity contribution in [2.75, 3.05) is 47.0 Å². The van der Waals surface area contributed by atoms with Crippen molar-refractivity contribution in [3.63, 3.8) is 0 Å². The minimum atomic E-state index is 0.246. The molecule has 0 saturated carbocycles. The van der Waals surface area contributed by atoms with E-state index in [0.717, 1.165) is 56.2 Å². The summed E-state index contributed by atoms with van der Waals surface area (Å²) in [6.45, 7) is 9.76. The van der Waals surface area contributed by atoms with Crippen LogP contribution in [0.15, 0.2) is 18.2 Å². The van der Waals surface area contributed by atoms with Gasteiger partial charge >= 0.3 is 0 Å². The molecule has 1 N–H and O–H groups in total. The molecule has 1 saturated heterocycles. The first-order valence-corrected chi connectivity index (χ1v) is 8.85. The van der Waals surface area contributed by atoms with E-state index in [2.05, 4.69) is 29.7 Å². The standard InChI is InChI=1S/C19H32N2O3/c1-15(2)12-21-9-8-20(14-17(21)7-10-22)13-16-11-18(23-3)5-6-19(16)24-4/h5-6,11,15,17,22H,7-10,12-14H2,1-4H3/t17-/m1/s1. The van der Waals surface area contributed by atoms with Gasteiger partial charge in [-0.1, -0.05) is 13.8 Å². The maximum Gasteiger partial charge on any atom is 0.123 e. The Morgan fingerprint density at radius 2 is 2.00 bits per heavy atom. The summed E-state index contributed by atoms with van der Waals surface area (Å²) in [6.07, 6.45) is 0.832. The number of rotatable bonds is 8. The third-order valence-corrected chi connectivity index (χ3v) is 4.63. The first-order chi connectivity index (χ1) is 11.6. The van der Waals surface area contributed by atoms with Gasteiger partial charge in [-0.15, -0.1) is 0 Å². The summed E-state index contributed by atoms with van der Waals surface area (Å²) in [4.78, 5) is 4.98. The van der Waals surface area contributed by atoms with Crippen molar-refractivity contribution >= 4 is 0 Å². The smallest absolute Gasteiger partial charge is 0.123 e. The molecule has 0 unspecified atom stereocenters. The van der Waals surface area contributed by atoms with Gasteiger partial charge in [0.05, 0.1) is 14.2 Å². The van der Waals surface area contributed by atoms with Crippen molar-refractivity contribution < 1.29 is 14.6 Å². The topological polar surface area (TPSA) is 45.2 Å². The third-order valence-electron chi connectivity index (χ3n) is 4.63. The summed E-state index contributed by atoms with van der Waals surface area (Å²) in [7, 11) is 3.40. The molecule has 0 bridgehead atoms. The van der Waals surface area contributed by atoms with Gasteiger partial charge in [0, 0.05) is 50.9 Å². The maximum absolute atomic E-state index is 9.42. The zero-order valence-electron chi connectivity index (χ0n) is 15.5. The summed E-state index contributed by atoms with van der Waals surface area (Å²) in [5, 5.41) is 9.42. The monoisotopic (exact) mass is 336 g/mol. The number of aliphatic hydroxyl groups excluding tert-OH is 1. The Hall–Kier alpha value is -1.30. The molecule has 2 rings (SSSR count). The van der Waals surface area contributed by atoms with Crippen LogP contribution in [0.1, 0.15) is 25.8 Å². The van der Waals surface area contributed by atoms with Crippen LogP contribution >= 0.6 is 0 Å². The van der Waals surface area contributed by atoms with Crippen molar-refractivity contribution in [2.24, 2.45) is 5.92 Å². The van der Waals surface area contributed by atoms with Crippen molar-refractivity contribution in [3.8, 4) is 11.5 Å². The number of nitrogens with zero attached hydrogens (tertiary/aromatic N) is 2. The molecule has 24 heavy (non-hydrogen) atoms. The Bertz CT molecular complexity index is 507. The Morgan fingerprint density at radius 1 is 1.21 bits per heavy atom. The van der Waals surface area contributed by atoms with Crippen LogP contribution in [0.5, 0.6) is 11.5 Å². The van der Waals surface area contributed by atoms with E-state index >= 15 is 0 Å². The van der Waals surface area contributed by atoms with Gasteiger partial charge in [-0.05, 0) is 30.5 Å². The lowest BCUT2D eigenvalue weighted by Crippen LogP contribution is -2.53. The second-order valence-electron chi connectivity index (χ2n) is 6.97. The number of piperazine rings is 1. The van der Waals surface area contributed by atoms with Gasteiger partial charge in [0.1, 0.15) is 11.5 Å². The molecule has 0 amide bonds.